The van der Waals surface area contributed by atoms with Crippen LogP contribution in [0.4, 0.5) is 0 Å². The Morgan fingerprint density at radius 3 is 2.57 bits per heavy atom. The number of aryl methyl sites for hydroxylation is 2. The number of aliphatic hydroxyl groups is 1. The number of nitrogens with one attached hydrogen (secondary N) is 1. The van der Waals surface area contributed by atoms with Crippen LogP contribution in [0.5, 0.6) is 0 Å². The second kappa shape index (κ2) is 7.07. The molecule has 1 heterocycles. The van der Waals surface area contributed by atoms with Crippen LogP contribution in [0.3, 0.4) is 0 Å². The number of carbonyl (C=O) groups is 1. The number of amides is 1. The third-order valence-corrected chi connectivity index (χ3v) is 4.13. The molecule has 0 saturated carbocycles. The largest absolute Gasteiger partial charge is 0.392 e. The highest BCUT2D eigenvalue weighted by Gasteiger charge is 2.30. The third-order valence-electron chi connectivity index (χ3n) is 4.13. The van der Waals surface area contributed by atoms with E-state index in [9.17, 15) is 9.90 Å². The molecule has 0 fully saturated rings. The Bertz CT molecular complexity index is 478. The van der Waals surface area contributed by atoms with Gasteiger partial charge in [0.2, 0.25) is 5.91 Å². The monoisotopic (exact) mass is 295 g/mol. The van der Waals surface area contributed by atoms with Gasteiger partial charge >= 0.3 is 0 Å². The molecule has 0 aromatic carbocycles. The fraction of sp³-hybridized carbons (Fsp3) is 0.750. The molecule has 1 amide bonds. The summed E-state index contributed by atoms with van der Waals surface area (Å²) in [6.45, 7) is 10.4. The Morgan fingerprint density at radius 1 is 1.48 bits per heavy atom. The average Bonchev–Trinajstić information content (AvgIpc) is 2.73. The normalized spacial score (nSPS) is 13.5. The van der Waals surface area contributed by atoms with Gasteiger partial charge in [-0.25, -0.2) is 0 Å². The van der Waals surface area contributed by atoms with E-state index in [4.69, 9.17) is 0 Å². The molecule has 1 unspecified atom stereocenters. The average molecular weight is 295 g/mol. The fourth-order valence-electron chi connectivity index (χ4n) is 2.46. The summed E-state index contributed by atoms with van der Waals surface area (Å²) >= 11 is 0. The zero-order valence-corrected chi connectivity index (χ0v) is 14.1. The summed E-state index contributed by atoms with van der Waals surface area (Å²) in [5.74, 6) is 0.192. The lowest BCUT2D eigenvalue weighted by Gasteiger charge is -2.33. The molecule has 21 heavy (non-hydrogen) atoms. The Hall–Kier alpha value is -1.36. The lowest BCUT2D eigenvalue weighted by Crippen LogP contribution is -2.43. The topological polar surface area (TPSA) is 67.2 Å². The Morgan fingerprint density at radius 2 is 2.10 bits per heavy atom. The van der Waals surface area contributed by atoms with Crippen LogP contribution in [-0.2, 0) is 18.3 Å². The van der Waals surface area contributed by atoms with E-state index in [-0.39, 0.29) is 17.2 Å². The van der Waals surface area contributed by atoms with E-state index in [1.54, 1.807) is 0 Å². The third kappa shape index (κ3) is 4.84. The van der Waals surface area contributed by atoms with Gasteiger partial charge in [0.25, 0.3) is 0 Å². The first-order chi connectivity index (χ1) is 9.65. The maximum atomic E-state index is 12.0. The number of rotatable bonds is 7. The van der Waals surface area contributed by atoms with Gasteiger partial charge in [-0.3, -0.25) is 9.48 Å². The molecule has 5 nitrogen and oxygen atoms in total. The molecule has 0 bridgehead atoms. The first-order valence-electron chi connectivity index (χ1n) is 7.57. The number of aromatic nitrogens is 2. The predicted molar refractivity (Wildman–Crippen MR) is 83.9 cm³/mol. The Labute approximate surface area is 127 Å². The number of aliphatic hydroxyl groups excluding tert-OH is 1. The van der Waals surface area contributed by atoms with Crippen molar-refractivity contribution >= 4 is 5.91 Å². The molecule has 0 radical (unpaired) electrons. The van der Waals surface area contributed by atoms with E-state index in [1.807, 2.05) is 52.5 Å². The van der Waals surface area contributed by atoms with E-state index in [1.165, 1.54) is 0 Å². The molecule has 0 aliphatic rings. The van der Waals surface area contributed by atoms with Crippen molar-refractivity contribution in [3.8, 4) is 0 Å². The van der Waals surface area contributed by atoms with E-state index < -0.39 is 6.10 Å². The second-order valence-corrected chi connectivity index (χ2v) is 6.83. The highest BCUT2D eigenvalue weighted by Crippen LogP contribution is 2.25. The highest BCUT2D eigenvalue weighted by atomic mass is 16.3. The lowest BCUT2D eigenvalue weighted by atomic mass is 9.80. The first-order valence-corrected chi connectivity index (χ1v) is 7.57. The summed E-state index contributed by atoms with van der Waals surface area (Å²) < 4.78 is 1.81. The number of nitrogens with zero attached hydrogens (tertiary/aromatic N) is 2. The molecular formula is C16H29N3O2. The van der Waals surface area contributed by atoms with Crippen molar-refractivity contribution in [2.45, 2.75) is 53.6 Å². The molecule has 1 aromatic rings. The van der Waals surface area contributed by atoms with Crippen molar-refractivity contribution in [3.05, 3.63) is 17.5 Å². The molecular weight excluding hydrogens is 266 g/mol. The Balaban J connectivity index is 2.43. The molecule has 0 aliphatic carbocycles. The van der Waals surface area contributed by atoms with E-state index >= 15 is 0 Å². The van der Waals surface area contributed by atoms with Crippen LogP contribution in [0.2, 0.25) is 0 Å². The fourth-order valence-corrected chi connectivity index (χ4v) is 2.46. The van der Waals surface area contributed by atoms with Gasteiger partial charge in [0.05, 0.1) is 12.3 Å². The first kappa shape index (κ1) is 17.7. The summed E-state index contributed by atoms with van der Waals surface area (Å²) in [6.07, 6.45) is 2.52. The molecule has 120 valence electrons. The van der Waals surface area contributed by atoms with Gasteiger partial charge in [-0.1, -0.05) is 27.7 Å². The lowest BCUT2D eigenvalue weighted by molar-refractivity contribution is -0.122. The van der Waals surface area contributed by atoms with Gasteiger partial charge in [0.1, 0.15) is 0 Å². The van der Waals surface area contributed by atoms with Crippen molar-refractivity contribution in [2.24, 2.45) is 18.4 Å². The zero-order chi connectivity index (χ0) is 16.2. The number of carbonyl (C=O) groups excluding carboxylic acids is 1. The predicted octanol–water partition coefficient (Wildman–Crippen LogP) is 1.82. The zero-order valence-electron chi connectivity index (χ0n) is 14.1. The maximum Gasteiger partial charge on any atom is 0.220 e. The van der Waals surface area contributed by atoms with Gasteiger partial charge in [0, 0.05) is 31.1 Å². The van der Waals surface area contributed by atoms with Crippen LogP contribution in [0.1, 0.15) is 45.4 Å². The summed E-state index contributed by atoms with van der Waals surface area (Å²) in [5.41, 5.74) is 1.88. The summed E-state index contributed by atoms with van der Waals surface area (Å²) in [6, 6.07) is 0. The van der Waals surface area contributed by atoms with Crippen molar-refractivity contribution in [2.75, 3.05) is 6.54 Å². The van der Waals surface area contributed by atoms with Gasteiger partial charge in [-0.15, -0.1) is 0 Å². The van der Waals surface area contributed by atoms with Gasteiger partial charge in [0.15, 0.2) is 0 Å². The van der Waals surface area contributed by atoms with Crippen LogP contribution >= 0.6 is 0 Å². The number of hydrogen-bond donors (Lipinski definition) is 2. The van der Waals surface area contributed by atoms with Crippen molar-refractivity contribution < 1.29 is 9.90 Å². The van der Waals surface area contributed by atoms with Crippen LogP contribution in [0, 0.1) is 18.3 Å². The minimum Gasteiger partial charge on any atom is -0.392 e. The van der Waals surface area contributed by atoms with E-state index in [0.29, 0.717) is 19.4 Å². The standard InChI is InChI=1S/C16H29N3O2/c1-11(2)15(21)16(4,5)10-17-14(20)8-7-13-9-18-19(6)12(13)3/h9,11,15,21H,7-8,10H2,1-6H3,(H,17,20). The quantitative estimate of drug-likeness (QED) is 0.806. The molecule has 0 saturated heterocycles. The maximum absolute atomic E-state index is 12.0. The minimum atomic E-state index is -0.432. The molecule has 0 spiro atoms. The molecule has 1 rings (SSSR count). The molecule has 0 aliphatic heterocycles. The van der Waals surface area contributed by atoms with Crippen LogP contribution in [0.25, 0.3) is 0 Å². The van der Waals surface area contributed by atoms with Gasteiger partial charge < -0.3 is 10.4 Å². The van der Waals surface area contributed by atoms with Crippen molar-refractivity contribution in [1.82, 2.24) is 15.1 Å². The number of hydrogen-bond acceptors (Lipinski definition) is 3. The Kier molecular flexibility index (Phi) is 5.96. The molecule has 1 atom stereocenters. The molecule has 5 heteroatoms. The summed E-state index contributed by atoms with van der Waals surface area (Å²) in [5, 5.41) is 17.3. The molecule has 2 N–H and O–H groups in total. The SMILES string of the molecule is Cc1c(CCC(=O)NCC(C)(C)C(O)C(C)C)cnn1C. The highest BCUT2D eigenvalue weighted by molar-refractivity contribution is 5.76. The smallest absolute Gasteiger partial charge is 0.220 e. The van der Waals surface area contributed by atoms with E-state index in [0.717, 1.165) is 11.3 Å². The summed E-state index contributed by atoms with van der Waals surface area (Å²) in [7, 11) is 1.90. The van der Waals surface area contributed by atoms with Crippen molar-refractivity contribution in [1.29, 1.82) is 0 Å². The van der Waals surface area contributed by atoms with E-state index in [2.05, 4.69) is 10.4 Å². The summed E-state index contributed by atoms with van der Waals surface area (Å²) in [4.78, 5) is 12.0. The van der Waals surface area contributed by atoms with Crippen LogP contribution < -0.4 is 5.32 Å². The van der Waals surface area contributed by atoms with Crippen molar-refractivity contribution in [3.63, 3.8) is 0 Å². The van der Waals surface area contributed by atoms with Crippen LogP contribution in [-0.4, -0.2) is 33.4 Å². The van der Waals surface area contributed by atoms with Gasteiger partial charge in [-0.2, -0.15) is 5.10 Å². The molecule has 1 aromatic heterocycles. The minimum absolute atomic E-state index is 0.0160. The second-order valence-electron chi connectivity index (χ2n) is 6.83. The van der Waals surface area contributed by atoms with Crippen LogP contribution in [0.15, 0.2) is 6.20 Å². The van der Waals surface area contributed by atoms with Gasteiger partial charge in [-0.05, 0) is 24.8 Å².